The van der Waals surface area contributed by atoms with Crippen LogP contribution in [0.15, 0.2) is 24.5 Å². The smallest absolute Gasteiger partial charge is 0.248 e. The fourth-order valence-corrected chi connectivity index (χ4v) is 2.81. The van der Waals surface area contributed by atoms with Crippen LogP contribution in [0.25, 0.3) is 0 Å². The minimum absolute atomic E-state index is 0.428. The van der Waals surface area contributed by atoms with Crippen LogP contribution in [0.5, 0.6) is 11.6 Å². The fraction of sp³-hybridized carbons (Fsp3) is 0.444. The van der Waals surface area contributed by atoms with E-state index in [0.29, 0.717) is 11.6 Å². The van der Waals surface area contributed by atoms with Crippen molar-refractivity contribution in [3.05, 3.63) is 35.7 Å². The van der Waals surface area contributed by atoms with E-state index in [1.54, 1.807) is 0 Å². The van der Waals surface area contributed by atoms with Gasteiger partial charge in [0, 0.05) is 13.1 Å². The highest BCUT2D eigenvalue weighted by Gasteiger charge is 2.21. The summed E-state index contributed by atoms with van der Waals surface area (Å²) in [6.45, 7) is 8.38. The molecule has 5 nitrogen and oxygen atoms in total. The van der Waals surface area contributed by atoms with Crippen LogP contribution < -0.4 is 15.4 Å². The van der Waals surface area contributed by atoms with Crippen molar-refractivity contribution in [1.82, 2.24) is 9.97 Å². The number of hydrogen-bond donors (Lipinski definition) is 1. The van der Waals surface area contributed by atoms with E-state index in [1.165, 1.54) is 17.5 Å². The summed E-state index contributed by atoms with van der Waals surface area (Å²) in [5.41, 5.74) is 9.20. The molecule has 2 aromatic rings. The highest BCUT2D eigenvalue weighted by molar-refractivity contribution is 5.68. The Kier molecular flexibility index (Phi) is 4.37. The Morgan fingerprint density at radius 1 is 1.13 bits per heavy atom. The van der Waals surface area contributed by atoms with Crippen molar-refractivity contribution in [1.29, 1.82) is 0 Å². The van der Waals surface area contributed by atoms with Gasteiger partial charge in [0.25, 0.3) is 0 Å². The van der Waals surface area contributed by atoms with E-state index in [-0.39, 0.29) is 0 Å². The molecule has 0 bridgehead atoms. The van der Waals surface area contributed by atoms with Crippen LogP contribution >= 0.6 is 0 Å². The molecule has 1 saturated heterocycles. The molecule has 0 radical (unpaired) electrons. The lowest BCUT2D eigenvalue weighted by Gasteiger charge is -2.31. The molecule has 0 unspecified atom stereocenters. The molecule has 1 aromatic heterocycles. The van der Waals surface area contributed by atoms with Crippen molar-refractivity contribution >= 4 is 11.5 Å². The normalized spacial score (nSPS) is 15.7. The summed E-state index contributed by atoms with van der Waals surface area (Å²) < 4.78 is 5.89. The summed E-state index contributed by atoms with van der Waals surface area (Å²) >= 11 is 0. The molecule has 0 amide bonds. The van der Waals surface area contributed by atoms with E-state index < -0.39 is 0 Å². The third kappa shape index (κ3) is 3.38. The number of nitrogens with zero attached hydrogens (tertiary/aromatic N) is 3. The van der Waals surface area contributed by atoms with Crippen LogP contribution in [-0.4, -0.2) is 23.1 Å². The van der Waals surface area contributed by atoms with Crippen LogP contribution in [0.3, 0.4) is 0 Å². The summed E-state index contributed by atoms with van der Waals surface area (Å²) in [5, 5.41) is 0. The van der Waals surface area contributed by atoms with Gasteiger partial charge in [0.1, 0.15) is 17.8 Å². The van der Waals surface area contributed by atoms with Crippen molar-refractivity contribution in [2.24, 2.45) is 5.92 Å². The summed E-state index contributed by atoms with van der Waals surface area (Å²) in [5.74, 6) is 2.72. The number of aryl methyl sites for hydroxylation is 2. The number of benzene rings is 1. The van der Waals surface area contributed by atoms with Gasteiger partial charge in [-0.3, -0.25) is 0 Å². The number of nitrogens with two attached hydrogens (primary N) is 1. The molecule has 1 fully saturated rings. The average molecular weight is 312 g/mol. The fourth-order valence-electron chi connectivity index (χ4n) is 2.81. The van der Waals surface area contributed by atoms with E-state index in [4.69, 9.17) is 10.5 Å². The van der Waals surface area contributed by atoms with Gasteiger partial charge in [-0.2, -0.15) is 4.98 Å². The number of anilines is 2. The summed E-state index contributed by atoms with van der Waals surface area (Å²) in [4.78, 5) is 10.8. The molecule has 1 aromatic carbocycles. The van der Waals surface area contributed by atoms with Gasteiger partial charge in [0.15, 0.2) is 5.82 Å². The summed E-state index contributed by atoms with van der Waals surface area (Å²) in [6, 6.07) is 5.97. The first-order valence-corrected chi connectivity index (χ1v) is 8.15. The maximum absolute atomic E-state index is 6.27. The Hall–Kier alpha value is -2.30. The number of rotatable bonds is 3. The first kappa shape index (κ1) is 15.6. The molecule has 2 heterocycles. The standard InChI is InChI=1S/C18H24N4O/c1-12-6-8-22(9-7-12)17-16(19)18(21-11-20-17)23-15-5-4-13(2)14(3)10-15/h4-5,10-12H,6-9,19H2,1-3H3. The molecule has 0 spiro atoms. The van der Waals surface area contributed by atoms with Crippen molar-refractivity contribution in [2.45, 2.75) is 33.6 Å². The maximum Gasteiger partial charge on any atom is 0.248 e. The van der Waals surface area contributed by atoms with Crippen LogP contribution in [-0.2, 0) is 0 Å². The minimum atomic E-state index is 0.428. The zero-order chi connectivity index (χ0) is 16.4. The molecular weight excluding hydrogens is 288 g/mol. The lowest BCUT2D eigenvalue weighted by Crippen LogP contribution is -2.34. The second-order valence-corrected chi connectivity index (χ2v) is 6.43. The van der Waals surface area contributed by atoms with E-state index in [0.717, 1.165) is 43.4 Å². The largest absolute Gasteiger partial charge is 0.437 e. The van der Waals surface area contributed by atoms with Crippen molar-refractivity contribution in [2.75, 3.05) is 23.7 Å². The molecule has 1 aliphatic heterocycles. The van der Waals surface area contributed by atoms with Crippen molar-refractivity contribution in [3.8, 4) is 11.6 Å². The van der Waals surface area contributed by atoms with Crippen LogP contribution in [0.4, 0.5) is 11.5 Å². The number of piperidine rings is 1. The first-order valence-electron chi connectivity index (χ1n) is 8.15. The number of aromatic nitrogens is 2. The predicted molar refractivity (Wildman–Crippen MR) is 93.0 cm³/mol. The average Bonchev–Trinajstić information content (AvgIpc) is 2.54. The van der Waals surface area contributed by atoms with Gasteiger partial charge in [0.2, 0.25) is 5.88 Å². The Morgan fingerprint density at radius 2 is 1.87 bits per heavy atom. The third-order valence-electron chi connectivity index (χ3n) is 4.60. The highest BCUT2D eigenvalue weighted by atomic mass is 16.5. The minimum Gasteiger partial charge on any atom is -0.437 e. The number of ether oxygens (including phenoxy) is 1. The predicted octanol–water partition coefficient (Wildman–Crippen LogP) is 3.70. The van der Waals surface area contributed by atoms with Gasteiger partial charge in [-0.15, -0.1) is 0 Å². The van der Waals surface area contributed by atoms with Crippen LogP contribution in [0.1, 0.15) is 30.9 Å². The molecule has 5 heteroatoms. The van der Waals surface area contributed by atoms with Crippen molar-refractivity contribution < 1.29 is 4.74 Å². The van der Waals surface area contributed by atoms with E-state index >= 15 is 0 Å². The lowest BCUT2D eigenvalue weighted by atomic mass is 9.99. The topological polar surface area (TPSA) is 64.3 Å². The Balaban J connectivity index is 1.83. The Bertz CT molecular complexity index is 693. The monoisotopic (exact) mass is 312 g/mol. The zero-order valence-corrected chi connectivity index (χ0v) is 14.0. The Labute approximate surface area is 137 Å². The number of hydrogen-bond acceptors (Lipinski definition) is 5. The van der Waals surface area contributed by atoms with Gasteiger partial charge in [-0.1, -0.05) is 13.0 Å². The van der Waals surface area contributed by atoms with E-state index in [2.05, 4.69) is 35.6 Å². The molecule has 0 saturated carbocycles. The van der Waals surface area contributed by atoms with Gasteiger partial charge >= 0.3 is 0 Å². The third-order valence-corrected chi connectivity index (χ3v) is 4.60. The lowest BCUT2D eigenvalue weighted by molar-refractivity contribution is 0.434. The first-order chi connectivity index (χ1) is 11.0. The molecule has 1 aliphatic rings. The van der Waals surface area contributed by atoms with E-state index in [9.17, 15) is 0 Å². The van der Waals surface area contributed by atoms with Crippen molar-refractivity contribution in [3.63, 3.8) is 0 Å². The molecule has 0 aliphatic carbocycles. The quantitative estimate of drug-likeness (QED) is 0.936. The van der Waals surface area contributed by atoms with Gasteiger partial charge < -0.3 is 15.4 Å². The SMILES string of the molecule is Cc1ccc(Oc2ncnc(N3CCC(C)CC3)c2N)cc1C. The molecule has 23 heavy (non-hydrogen) atoms. The number of nitrogen functional groups attached to an aromatic ring is 1. The zero-order valence-electron chi connectivity index (χ0n) is 14.0. The maximum atomic E-state index is 6.27. The van der Waals surface area contributed by atoms with Gasteiger partial charge in [-0.05, 0) is 55.9 Å². The molecule has 2 N–H and O–H groups in total. The molecular formula is C18H24N4O. The van der Waals surface area contributed by atoms with Crippen LogP contribution in [0.2, 0.25) is 0 Å². The van der Waals surface area contributed by atoms with Gasteiger partial charge in [0.05, 0.1) is 0 Å². The highest BCUT2D eigenvalue weighted by Crippen LogP contribution is 2.33. The Morgan fingerprint density at radius 3 is 2.57 bits per heavy atom. The molecule has 122 valence electrons. The summed E-state index contributed by atoms with van der Waals surface area (Å²) in [6.07, 6.45) is 3.85. The van der Waals surface area contributed by atoms with Gasteiger partial charge in [-0.25, -0.2) is 4.98 Å². The summed E-state index contributed by atoms with van der Waals surface area (Å²) in [7, 11) is 0. The molecule has 0 atom stereocenters. The van der Waals surface area contributed by atoms with Crippen LogP contribution in [0, 0.1) is 19.8 Å². The second-order valence-electron chi connectivity index (χ2n) is 6.43. The van der Waals surface area contributed by atoms with E-state index in [1.807, 2.05) is 18.2 Å². The second kappa shape index (κ2) is 6.44. The molecule has 3 rings (SSSR count).